The fourth-order valence-electron chi connectivity index (χ4n) is 1.29. The fourth-order valence-corrected chi connectivity index (χ4v) is 1.29. The second kappa shape index (κ2) is 6.80. The molecular weight excluding hydrogens is 202 g/mol. The summed E-state index contributed by atoms with van der Waals surface area (Å²) in [6.45, 7) is 6.00. The summed E-state index contributed by atoms with van der Waals surface area (Å²) in [6.07, 6.45) is 1.75. The van der Waals surface area contributed by atoms with Crippen molar-refractivity contribution in [3.8, 4) is 0 Å². The Labute approximate surface area is 96.1 Å². The lowest BCUT2D eigenvalue weighted by molar-refractivity contribution is -0.148. The number of ether oxygens (including phenoxy) is 1. The molecule has 0 radical (unpaired) electrons. The number of hydrogen-bond acceptors (Lipinski definition) is 3. The number of carbonyl (C=O) groups excluding carboxylic acids is 1. The van der Waals surface area contributed by atoms with Gasteiger partial charge in [-0.15, -0.1) is 6.58 Å². The van der Waals surface area contributed by atoms with E-state index >= 15 is 0 Å². The van der Waals surface area contributed by atoms with Gasteiger partial charge in [0.15, 0.2) is 6.23 Å². The van der Waals surface area contributed by atoms with Crippen molar-refractivity contribution in [1.29, 1.82) is 0 Å². The summed E-state index contributed by atoms with van der Waals surface area (Å²) in [5.74, 6) is -0.227. The summed E-state index contributed by atoms with van der Waals surface area (Å²) >= 11 is 0. The van der Waals surface area contributed by atoms with Gasteiger partial charge in [0.1, 0.15) is 0 Å². The molecule has 0 aliphatic rings. The van der Waals surface area contributed by atoms with Crippen molar-refractivity contribution in [3.63, 3.8) is 0 Å². The van der Waals surface area contributed by atoms with Gasteiger partial charge in [0, 0.05) is 6.54 Å². The van der Waals surface area contributed by atoms with Gasteiger partial charge in [0.25, 0.3) is 0 Å². The fraction of sp³-hybridized carbons (Fsp3) is 0.308. The van der Waals surface area contributed by atoms with Crippen molar-refractivity contribution in [3.05, 3.63) is 48.6 Å². The van der Waals surface area contributed by atoms with Gasteiger partial charge in [0.05, 0.1) is 6.42 Å². The molecule has 1 rings (SSSR count). The van der Waals surface area contributed by atoms with Gasteiger partial charge < -0.3 is 4.74 Å². The highest BCUT2D eigenvalue weighted by Gasteiger charge is 2.08. The molecule has 3 nitrogen and oxygen atoms in total. The van der Waals surface area contributed by atoms with Crippen molar-refractivity contribution in [2.75, 3.05) is 6.54 Å². The predicted molar refractivity (Wildman–Crippen MR) is 63.9 cm³/mol. The van der Waals surface area contributed by atoms with Crippen LogP contribution < -0.4 is 5.32 Å². The molecule has 0 aliphatic carbocycles. The monoisotopic (exact) mass is 219 g/mol. The van der Waals surface area contributed by atoms with E-state index in [-0.39, 0.29) is 12.2 Å². The Balaban J connectivity index is 2.33. The van der Waals surface area contributed by atoms with E-state index in [1.165, 1.54) is 0 Å². The van der Waals surface area contributed by atoms with E-state index in [1.807, 2.05) is 30.3 Å². The lowest BCUT2D eigenvalue weighted by Gasteiger charge is -2.13. The largest absolute Gasteiger partial charge is 0.447 e. The standard InChI is InChI=1S/C13H17NO2/c1-3-9-14-11(2)16-13(15)10-12-7-5-4-6-8-12/h3-8,11,14H,1,9-10H2,2H3. The maximum Gasteiger partial charge on any atom is 0.311 e. The Morgan fingerprint density at radius 1 is 1.50 bits per heavy atom. The topological polar surface area (TPSA) is 38.3 Å². The van der Waals surface area contributed by atoms with Crippen LogP contribution in [-0.2, 0) is 16.0 Å². The van der Waals surface area contributed by atoms with Crippen LogP contribution in [0, 0.1) is 0 Å². The van der Waals surface area contributed by atoms with E-state index in [0.29, 0.717) is 13.0 Å². The van der Waals surface area contributed by atoms with E-state index in [2.05, 4.69) is 11.9 Å². The lowest BCUT2D eigenvalue weighted by atomic mass is 10.2. The quantitative estimate of drug-likeness (QED) is 0.451. The molecule has 0 aliphatic heterocycles. The van der Waals surface area contributed by atoms with Crippen molar-refractivity contribution < 1.29 is 9.53 Å². The molecule has 1 aromatic rings. The minimum atomic E-state index is -0.283. The van der Waals surface area contributed by atoms with E-state index in [9.17, 15) is 4.79 Å². The number of nitrogens with one attached hydrogen (secondary N) is 1. The minimum absolute atomic E-state index is 0.227. The first-order chi connectivity index (χ1) is 7.72. The maximum atomic E-state index is 11.5. The van der Waals surface area contributed by atoms with Crippen molar-refractivity contribution in [1.82, 2.24) is 5.32 Å². The van der Waals surface area contributed by atoms with Crippen molar-refractivity contribution in [2.45, 2.75) is 19.6 Å². The normalized spacial score (nSPS) is 11.8. The summed E-state index contributed by atoms with van der Waals surface area (Å²) in [6, 6.07) is 9.54. The summed E-state index contributed by atoms with van der Waals surface area (Å²) in [7, 11) is 0. The highest BCUT2D eigenvalue weighted by molar-refractivity contribution is 5.72. The van der Waals surface area contributed by atoms with Gasteiger partial charge in [-0.05, 0) is 12.5 Å². The molecule has 1 atom stereocenters. The van der Waals surface area contributed by atoms with Crippen LogP contribution >= 0.6 is 0 Å². The Morgan fingerprint density at radius 3 is 2.81 bits per heavy atom. The van der Waals surface area contributed by atoms with Crippen molar-refractivity contribution >= 4 is 5.97 Å². The molecule has 0 heterocycles. The average Bonchev–Trinajstić information content (AvgIpc) is 2.27. The number of hydrogen-bond donors (Lipinski definition) is 1. The Hall–Kier alpha value is -1.61. The third-order valence-electron chi connectivity index (χ3n) is 2.05. The number of benzene rings is 1. The minimum Gasteiger partial charge on any atom is -0.447 e. The van der Waals surface area contributed by atoms with Crippen LogP contribution in [0.4, 0.5) is 0 Å². The SMILES string of the molecule is C=CCNC(C)OC(=O)Cc1ccccc1. The molecule has 1 N–H and O–H groups in total. The first-order valence-electron chi connectivity index (χ1n) is 5.30. The molecule has 86 valence electrons. The first-order valence-corrected chi connectivity index (χ1v) is 5.30. The van der Waals surface area contributed by atoms with E-state index in [4.69, 9.17) is 4.74 Å². The summed E-state index contributed by atoms with van der Waals surface area (Å²) in [5, 5.41) is 2.99. The van der Waals surface area contributed by atoms with Gasteiger partial charge >= 0.3 is 5.97 Å². The summed E-state index contributed by atoms with van der Waals surface area (Å²) in [4.78, 5) is 11.5. The molecule has 0 fully saturated rings. The highest BCUT2D eigenvalue weighted by Crippen LogP contribution is 2.01. The van der Waals surface area contributed by atoms with Gasteiger partial charge in [-0.3, -0.25) is 10.1 Å². The maximum absolute atomic E-state index is 11.5. The lowest BCUT2D eigenvalue weighted by Crippen LogP contribution is -2.31. The van der Waals surface area contributed by atoms with Gasteiger partial charge in [-0.1, -0.05) is 36.4 Å². The Morgan fingerprint density at radius 2 is 2.19 bits per heavy atom. The molecule has 0 spiro atoms. The third kappa shape index (κ3) is 4.75. The Bertz CT molecular complexity index is 335. The molecule has 0 amide bonds. The number of rotatable bonds is 6. The van der Waals surface area contributed by atoms with Crippen LogP contribution in [0.15, 0.2) is 43.0 Å². The van der Waals surface area contributed by atoms with Crippen LogP contribution in [0.1, 0.15) is 12.5 Å². The molecular formula is C13H17NO2. The molecule has 1 aromatic carbocycles. The molecule has 0 saturated heterocycles. The second-order valence-corrected chi connectivity index (χ2v) is 3.49. The zero-order valence-corrected chi connectivity index (χ0v) is 9.48. The van der Waals surface area contributed by atoms with E-state index < -0.39 is 0 Å². The van der Waals surface area contributed by atoms with Crippen LogP contribution in [0.3, 0.4) is 0 Å². The van der Waals surface area contributed by atoms with Gasteiger partial charge in [-0.2, -0.15) is 0 Å². The average molecular weight is 219 g/mol. The zero-order valence-electron chi connectivity index (χ0n) is 9.48. The summed E-state index contributed by atoms with van der Waals surface area (Å²) in [5.41, 5.74) is 0.962. The molecule has 0 bridgehead atoms. The van der Waals surface area contributed by atoms with Crippen LogP contribution in [0.2, 0.25) is 0 Å². The zero-order chi connectivity index (χ0) is 11.8. The smallest absolute Gasteiger partial charge is 0.311 e. The first kappa shape index (κ1) is 12.5. The van der Waals surface area contributed by atoms with Crippen LogP contribution in [0.25, 0.3) is 0 Å². The highest BCUT2D eigenvalue weighted by atomic mass is 16.6. The molecule has 3 heteroatoms. The van der Waals surface area contributed by atoms with Gasteiger partial charge in [0.2, 0.25) is 0 Å². The molecule has 0 aromatic heterocycles. The van der Waals surface area contributed by atoms with Crippen LogP contribution in [0.5, 0.6) is 0 Å². The molecule has 16 heavy (non-hydrogen) atoms. The second-order valence-electron chi connectivity index (χ2n) is 3.49. The van der Waals surface area contributed by atoms with Crippen LogP contribution in [-0.4, -0.2) is 18.7 Å². The van der Waals surface area contributed by atoms with Gasteiger partial charge in [-0.25, -0.2) is 0 Å². The third-order valence-corrected chi connectivity index (χ3v) is 2.05. The summed E-state index contributed by atoms with van der Waals surface area (Å²) < 4.78 is 5.16. The molecule has 0 saturated carbocycles. The predicted octanol–water partition coefficient (Wildman–Crippen LogP) is 1.89. The molecule has 1 unspecified atom stereocenters. The Kier molecular flexibility index (Phi) is 5.29. The van der Waals surface area contributed by atoms with Crippen molar-refractivity contribution in [2.24, 2.45) is 0 Å². The van der Waals surface area contributed by atoms with E-state index in [0.717, 1.165) is 5.56 Å². The number of esters is 1. The number of carbonyl (C=O) groups is 1. The van der Waals surface area contributed by atoms with E-state index in [1.54, 1.807) is 13.0 Å².